The van der Waals surface area contributed by atoms with E-state index in [0.29, 0.717) is 5.13 Å². The van der Waals surface area contributed by atoms with Crippen molar-refractivity contribution in [3.8, 4) is 11.3 Å². The Kier molecular flexibility index (Phi) is 5.83. The summed E-state index contributed by atoms with van der Waals surface area (Å²) in [6.07, 6.45) is 0. The molecule has 0 aliphatic heterocycles. The van der Waals surface area contributed by atoms with Gasteiger partial charge in [-0.3, -0.25) is 9.59 Å². The molecule has 1 heterocycles. The number of nitrogens with two attached hydrogens (primary N) is 1. The van der Waals surface area contributed by atoms with E-state index >= 15 is 0 Å². The van der Waals surface area contributed by atoms with Crippen LogP contribution in [-0.4, -0.2) is 31.8 Å². The van der Waals surface area contributed by atoms with Gasteiger partial charge in [-0.1, -0.05) is 36.4 Å². The van der Waals surface area contributed by atoms with Crippen LogP contribution in [0.1, 0.15) is 10.4 Å². The van der Waals surface area contributed by atoms with Crippen LogP contribution in [0.25, 0.3) is 11.3 Å². The van der Waals surface area contributed by atoms with Crippen molar-refractivity contribution in [3.63, 3.8) is 0 Å². The highest BCUT2D eigenvalue weighted by atomic mass is 32.2. The maximum absolute atomic E-state index is 12.1. The normalized spacial score (nSPS) is 11.0. The first-order chi connectivity index (χ1) is 13.3. The Balaban J connectivity index is 1.58. The third-order valence-corrected chi connectivity index (χ3v) is 5.32. The van der Waals surface area contributed by atoms with E-state index in [-0.39, 0.29) is 17.0 Å². The predicted molar refractivity (Wildman–Crippen MR) is 106 cm³/mol. The monoisotopic (exact) mass is 416 g/mol. The molecule has 0 aliphatic rings. The molecule has 3 aromatic rings. The van der Waals surface area contributed by atoms with Crippen molar-refractivity contribution >= 4 is 38.3 Å². The zero-order chi connectivity index (χ0) is 20.1. The number of carbonyl (C=O) groups excluding carboxylic acids is 2. The van der Waals surface area contributed by atoms with Gasteiger partial charge in [0.05, 0.1) is 17.1 Å². The van der Waals surface area contributed by atoms with Crippen LogP contribution in [-0.2, 0) is 14.8 Å². The van der Waals surface area contributed by atoms with Gasteiger partial charge in [-0.15, -0.1) is 11.3 Å². The van der Waals surface area contributed by atoms with Crippen LogP contribution in [0.15, 0.2) is 64.9 Å². The summed E-state index contributed by atoms with van der Waals surface area (Å²) in [5.74, 6) is -1.05. The average Bonchev–Trinajstić information content (AvgIpc) is 3.14. The molecule has 0 radical (unpaired) electrons. The molecular weight excluding hydrogens is 400 g/mol. The third kappa shape index (κ3) is 5.00. The lowest BCUT2D eigenvalue weighted by Crippen LogP contribution is -2.33. The topological polar surface area (TPSA) is 131 Å². The summed E-state index contributed by atoms with van der Waals surface area (Å²) < 4.78 is 22.7. The molecule has 0 unspecified atom stereocenters. The van der Waals surface area contributed by atoms with Gasteiger partial charge < -0.3 is 10.6 Å². The fourth-order valence-corrected chi connectivity index (χ4v) is 3.61. The number of amides is 2. The summed E-state index contributed by atoms with van der Waals surface area (Å²) in [6.45, 7) is -0.293. The Morgan fingerprint density at radius 2 is 1.82 bits per heavy atom. The average molecular weight is 416 g/mol. The highest BCUT2D eigenvalue weighted by Crippen LogP contribution is 2.24. The largest absolute Gasteiger partial charge is 0.343 e. The van der Waals surface area contributed by atoms with Crippen LogP contribution in [0.2, 0.25) is 0 Å². The van der Waals surface area contributed by atoms with E-state index in [1.165, 1.54) is 29.5 Å². The molecule has 3 rings (SSSR count). The zero-order valence-electron chi connectivity index (χ0n) is 14.5. The van der Waals surface area contributed by atoms with E-state index in [9.17, 15) is 18.0 Å². The highest BCUT2D eigenvalue weighted by Gasteiger charge is 2.14. The molecule has 0 saturated heterocycles. The van der Waals surface area contributed by atoms with Crippen molar-refractivity contribution in [2.75, 3.05) is 11.9 Å². The molecule has 2 amide bonds. The number of hydrogen-bond donors (Lipinski definition) is 3. The number of carbonyl (C=O) groups is 2. The van der Waals surface area contributed by atoms with Gasteiger partial charge >= 0.3 is 0 Å². The Labute approximate surface area is 165 Å². The molecule has 0 atom stereocenters. The van der Waals surface area contributed by atoms with Crippen molar-refractivity contribution in [1.29, 1.82) is 0 Å². The number of thiazole rings is 1. The van der Waals surface area contributed by atoms with E-state index in [0.717, 1.165) is 17.3 Å². The van der Waals surface area contributed by atoms with Crippen LogP contribution in [0.3, 0.4) is 0 Å². The van der Waals surface area contributed by atoms with Gasteiger partial charge in [0.15, 0.2) is 5.13 Å². The lowest BCUT2D eigenvalue weighted by atomic mass is 10.2. The van der Waals surface area contributed by atoms with E-state index < -0.39 is 21.8 Å². The minimum atomic E-state index is -3.92. The molecule has 1 aromatic heterocycles. The van der Waals surface area contributed by atoms with Gasteiger partial charge in [-0.2, -0.15) is 0 Å². The Morgan fingerprint density at radius 1 is 1.07 bits per heavy atom. The molecule has 10 heteroatoms. The van der Waals surface area contributed by atoms with Crippen LogP contribution >= 0.6 is 11.3 Å². The van der Waals surface area contributed by atoms with Crippen molar-refractivity contribution < 1.29 is 18.0 Å². The van der Waals surface area contributed by atoms with Gasteiger partial charge in [0.25, 0.3) is 5.91 Å². The van der Waals surface area contributed by atoms with Crippen molar-refractivity contribution in [2.24, 2.45) is 5.14 Å². The fraction of sp³-hybridized carbons (Fsp3) is 0.0556. The molecule has 0 saturated carbocycles. The quantitative estimate of drug-likeness (QED) is 0.564. The molecule has 8 nitrogen and oxygen atoms in total. The summed E-state index contributed by atoms with van der Waals surface area (Å²) in [5, 5.41) is 12.3. The summed E-state index contributed by atoms with van der Waals surface area (Å²) in [6, 6.07) is 14.8. The summed E-state index contributed by atoms with van der Waals surface area (Å²) in [5.41, 5.74) is 1.76. The number of anilines is 1. The van der Waals surface area contributed by atoms with Crippen molar-refractivity contribution in [1.82, 2.24) is 10.3 Å². The maximum atomic E-state index is 12.1. The van der Waals surface area contributed by atoms with Crippen molar-refractivity contribution in [2.45, 2.75) is 4.90 Å². The van der Waals surface area contributed by atoms with E-state index in [2.05, 4.69) is 15.6 Å². The van der Waals surface area contributed by atoms with Gasteiger partial charge in [0.2, 0.25) is 15.9 Å². The second-order valence-electron chi connectivity index (χ2n) is 5.71. The summed E-state index contributed by atoms with van der Waals surface area (Å²) >= 11 is 1.27. The summed E-state index contributed by atoms with van der Waals surface area (Å²) in [4.78, 5) is 28.3. The zero-order valence-corrected chi connectivity index (χ0v) is 16.1. The first kappa shape index (κ1) is 19.7. The molecule has 0 spiro atoms. The second kappa shape index (κ2) is 8.30. The standard InChI is InChI=1S/C18H16N4O4S2/c19-28(25,26)14-8-4-7-13(9-14)17(24)20-10-16(23)22-18-21-15(11-27-18)12-5-2-1-3-6-12/h1-9,11H,10H2,(H,20,24)(H2,19,25,26)(H,21,22,23). The highest BCUT2D eigenvalue weighted by molar-refractivity contribution is 7.89. The Hall–Kier alpha value is -3.08. The number of sulfonamides is 1. The maximum Gasteiger partial charge on any atom is 0.251 e. The molecule has 28 heavy (non-hydrogen) atoms. The smallest absolute Gasteiger partial charge is 0.251 e. The van der Waals surface area contributed by atoms with Gasteiger partial charge in [0.1, 0.15) is 0 Å². The molecule has 0 fully saturated rings. The van der Waals surface area contributed by atoms with Crippen LogP contribution in [0, 0.1) is 0 Å². The Bertz CT molecular complexity index is 1110. The third-order valence-electron chi connectivity index (χ3n) is 3.65. The van der Waals surface area contributed by atoms with Crippen LogP contribution in [0.5, 0.6) is 0 Å². The molecule has 0 aliphatic carbocycles. The Morgan fingerprint density at radius 3 is 2.54 bits per heavy atom. The van der Waals surface area contributed by atoms with Gasteiger partial charge in [-0.25, -0.2) is 18.5 Å². The van der Waals surface area contributed by atoms with Crippen LogP contribution in [0.4, 0.5) is 5.13 Å². The second-order valence-corrected chi connectivity index (χ2v) is 8.13. The van der Waals surface area contributed by atoms with Crippen LogP contribution < -0.4 is 15.8 Å². The van der Waals surface area contributed by atoms with E-state index in [1.807, 2.05) is 35.7 Å². The van der Waals surface area contributed by atoms with E-state index in [1.54, 1.807) is 0 Å². The summed E-state index contributed by atoms with van der Waals surface area (Å²) in [7, 11) is -3.92. The molecule has 2 aromatic carbocycles. The number of aromatic nitrogens is 1. The van der Waals surface area contributed by atoms with Gasteiger partial charge in [-0.05, 0) is 18.2 Å². The molecule has 0 bridgehead atoms. The number of rotatable bonds is 6. The minimum absolute atomic E-state index is 0.0833. The number of nitrogens with zero attached hydrogens (tertiary/aromatic N) is 1. The predicted octanol–water partition coefficient (Wildman–Crippen LogP) is 1.83. The lowest BCUT2D eigenvalue weighted by Gasteiger charge is -2.06. The van der Waals surface area contributed by atoms with Crippen molar-refractivity contribution in [3.05, 3.63) is 65.5 Å². The lowest BCUT2D eigenvalue weighted by molar-refractivity contribution is -0.115. The molecular formula is C18H16N4O4S2. The van der Waals surface area contributed by atoms with Gasteiger partial charge in [0, 0.05) is 16.5 Å². The first-order valence-electron chi connectivity index (χ1n) is 8.05. The fourth-order valence-electron chi connectivity index (χ4n) is 2.31. The number of benzene rings is 2. The minimum Gasteiger partial charge on any atom is -0.343 e. The SMILES string of the molecule is NS(=O)(=O)c1cccc(C(=O)NCC(=O)Nc2nc(-c3ccccc3)cs2)c1. The first-order valence-corrected chi connectivity index (χ1v) is 10.5. The molecule has 144 valence electrons. The number of nitrogens with one attached hydrogen (secondary N) is 2. The molecule has 4 N–H and O–H groups in total. The number of primary sulfonamides is 1. The number of hydrogen-bond acceptors (Lipinski definition) is 6. The van der Waals surface area contributed by atoms with E-state index in [4.69, 9.17) is 5.14 Å².